The van der Waals surface area contributed by atoms with Gasteiger partial charge in [-0.1, -0.05) is 64.8 Å². The Morgan fingerprint density at radius 2 is 1.59 bits per heavy atom. The smallest absolute Gasteiger partial charge is 0.227 e. The lowest BCUT2D eigenvalue weighted by atomic mass is 9.85. The standard InChI is InChI=1S/C40H67ClN4O6/c1-12-26(4)38(44(9)40(49)31(28(6)42)23-34(47)37(25(2)3)43(7)8)35(50-10)24-36(48)45-22-14-16-32(45)39(51-11)27(5)33(46)17-13-15-29-18-20-30(41)21-19-29/h18-21,25-28,31-32,35,37-39H,12-17,22-24,42H2,1-11H3/t26-,27-,28-,31-,32-,35+,37-,38-,39+/m0/s1. The number of amides is 2. The first-order chi connectivity index (χ1) is 24.0. The minimum Gasteiger partial charge on any atom is -0.379 e. The maximum absolute atomic E-state index is 14.2. The van der Waals surface area contributed by atoms with Crippen LogP contribution in [0.15, 0.2) is 24.3 Å². The van der Waals surface area contributed by atoms with Gasteiger partial charge in [0, 0.05) is 57.6 Å². The van der Waals surface area contributed by atoms with Gasteiger partial charge in [0.15, 0.2) is 5.78 Å². The molecule has 2 rings (SSSR count). The number of nitrogens with two attached hydrogens (primary N) is 1. The lowest BCUT2D eigenvalue weighted by Crippen LogP contribution is -2.55. The van der Waals surface area contributed by atoms with Gasteiger partial charge in [0.05, 0.1) is 42.7 Å². The number of carbonyl (C=O) groups excluding carboxylic acids is 4. The first-order valence-corrected chi connectivity index (χ1v) is 19.2. The topological polar surface area (TPSA) is 122 Å². The van der Waals surface area contributed by atoms with Crippen molar-refractivity contribution in [3.8, 4) is 0 Å². The van der Waals surface area contributed by atoms with Gasteiger partial charge in [-0.3, -0.25) is 24.1 Å². The molecule has 0 aliphatic carbocycles. The zero-order chi connectivity index (χ0) is 38.6. The van der Waals surface area contributed by atoms with Crippen LogP contribution in [-0.4, -0.2) is 116 Å². The molecular formula is C40H67ClN4O6. The van der Waals surface area contributed by atoms with Gasteiger partial charge in [0.1, 0.15) is 5.78 Å². The molecule has 1 aromatic carbocycles. The maximum Gasteiger partial charge on any atom is 0.227 e. The zero-order valence-electron chi connectivity index (χ0n) is 33.2. The molecule has 0 bridgehead atoms. The Morgan fingerprint density at radius 3 is 2.10 bits per heavy atom. The first-order valence-electron chi connectivity index (χ1n) is 18.8. The normalized spacial score (nSPS) is 19.7. The van der Waals surface area contributed by atoms with E-state index in [1.807, 2.05) is 68.9 Å². The summed E-state index contributed by atoms with van der Waals surface area (Å²) in [6.45, 7) is 12.3. The van der Waals surface area contributed by atoms with Gasteiger partial charge in [0.2, 0.25) is 11.8 Å². The van der Waals surface area contributed by atoms with Gasteiger partial charge in [-0.25, -0.2) is 0 Å². The Bertz CT molecular complexity index is 1250. The molecule has 1 aliphatic rings. The van der Waals surface area contributed by atoms with E-state index in [9.17, 15) is 19.2 Å². The van der Waals surface area contributed by atoms with E-state index in [4.69, 9.17) is 26.8 Å². The number of carbonyl (C=O) groups is 4. The van der Waals surface area contributed by atoms with Crippen molar-refractivity contribution in [2.45, 2.75) is 129 Å². The van der Waals surface area contributed by atoms with Crippen molar-refractivity contribution in [1.29, 1.82) is 0 Å². The van der Waals surface area contributed by atoms with Crippen molar-refractivity contribution < 1.29 is 28.7 Å². The van der Waals surface area contributed by atoms with E-state index in [-0.39, 0.29) is 66.1 Å². The Hall–Kier alpha value is -2.37. The minimum atomic E-state index is -0.709. The average molecular weight is 735 g/mol. The second kappa shape index (κ2) is 21.4. The van der Waals surface area contributed by atoms with E-state index in [1.165, 1.54) is 0 Å². The van der Waals surface area contributed by atoms with Gasteiger partial charge >= 0.3 is 0 Å². The molecule has 0 saturated carbocycles. The van der Waals surface area contributed by atoms with Crippen LogP contribution >= 0.6 is 11.6 Å². The van der Waals surface area contributed by atoms with Crippen LogP contribution in [0.2, 0.25) is 5.02 Å². The molecule has 0 unspecified atom stereocenters. The monoisotopic (exact) mass is 734 g/mol. The number of rotatable bonds is 22. The molecule has 1 saturated heterocycles. The predicted octanol–water partition coefficient (Wildman–Crippen LogP) is 5.66. The van der Waals surface area contributed by atoms with Gasteiger partial charge < -0.3 is 25.0 Å². The Labute approximate surface area is 313 Å². The van der Waals surface area contributed by atoms with Crippen molar-refractivity contribution in [1.82, 2.24) is 14.7 Å². The van der Waals surface area contributed by atoms with Crippen LogP contribution in [0.1, 0.15) is 92.1 Å². The number of likely N-dealkylation sites (N-methyl/N-ethyl adjacent to an activating group) is 2. The largest absolute Gasteiger partial charge is 0.379 e. The molecule has 9 atom stereocenters. The van der Waals surface area contributed by atoms with Crippen LogP contribution in [0.4, 0.5) is 0 Å². The molecule has 0 radical (unpaired) electrons. The molecule has 51 heavy (non-hydrogen) atoms. The number of halogens is 1. The number of hydrogen-bond donors (Lipinski definition) is 1. The molecular weight excluding hydrogens is 668 g/mol. The van der Waals surface area contributed by atoms with E-state index < -0.39 is 30.2 Å². The fourth-order valence-electron chi connectivity index (χ4n) is 8.04. The number of ether oxygens (including phenoxy) is 2. The first kappa shape index (κ1) is 44.8. The summed E-state index contributed by atoms with van der Waals surface area (Å²) in [6, 6.07) is 6.15. The summed E-state index contributed by atoms with van der Waals surface area (Å²) in [5.74, 6) is -1.21. The number of benzene rings is 1. The molecule has 1 aliphatic heterocycles. The Kier molecular flexibility index (Phi) is 18.8. The number of aryl methyl sites for hydroxylation is 1. The minimum absolute atomic E-state index is 0.00191. The second-order valence-corrected chi connectivity index (χ2v) is 15.8. The summed E-state index contributed by atoms with van der Waals surface area (Å²) in [6.07, 6.45) is 3.32. The molecule has 1 fully saturated rings. The van der Waals surface area contributed by atoms with Crippen LogP contribution < -0.4 is 5.73 Å². The summed E-state index contributed by atoms with van der Waals surface area (Å²) in [5, 5.41) is 0.688. The van der Waals surface area contributed by atoms with Crippen molar-refractivity contribution in [2.75, 3.05) is 41.9 Å². The number of hydrogen-bond acceptors (Lipinski definition) is 8. The third-order valence-electron chi connectivity index (χ3n) is 11.0. The molecule has 0 aromatic heterocycles. The highest BCUT2D eigenvalue weighted by molar-refractivity contribution is 6.30. The fourth-order valence-corrected chi connectivity index (χ4v) is 8.16. The van der Waals surface area contributed by atoms with E-state index >= 15 is 0 Å². The summed E-state index contributed by atoms with van der Waals surface area (Å²) in [4.78, 5) is 60.5. The molecule has 290 valence electrons. The average Bonchev–Trinajstić information content (AvgIpc) is 3.56. The highest BCUT2D eigenvalue weighted by atomic mass is 35.5. The molecule has 1 heterocycles. The number of ketones is 2. The van der Waals surface area contributed by atoms with Crippen molar-refractivity contribution in [3.63, 3.8) is 0 Å². The van der Waals surface area contributed by atoms with Crippen molar-refractivity contribution in [3.05, 3.63) is 34.9 Å². The Balaban J connectivity index is 2.21. The summed E-state index contributed by atoms with van der Waals surface area (Å²) < 4.78 is 12.0. The molecule has 2 amide bonds. The highest BCUT2D eigenvalue weighted by Gasteiger charge is 2.43. The predicted molar refractivity (Wildman–Crippen MR) is 205 cm³/mol. The van der Waals surface area contributed by atoms with Crippen molar-refractivity contribution >= 4 is 35.0 Å². The second-order valence-electron chi connectivity index (χ2n) is 15.3. The summed E-state index contributed by atoms with van der Waals surface area (Å²) >= 11 is 6.01. The number of likely N-dealkylation sites (tertiary alicyclic amines) is 1. The lowest BCUT2D eigenvalue weighted by Gasteiger charge is -2.41. The Morgan fingerprint density at radius 1 is 0.961 bits per heavy atom. The number of Topliss-reactive ketones (excluding diaryl/α,β-unsaturated/α-hetero) is 2. The highest BCUT2D eigenvalue weighted by Crippen LogP contribution is 2.31. The van der Waals surface area contributed by atoms with Gasteiger partial charge in [0.25, 0.3) is 0 Å². The van der Waals surface area contributed by atoms with Gasteiger partial charge in [-0.2, -0.15) is 0 Å². The van der Waals surface area contributed by atoms with E-state index in [0.717, 1.165) is 37.7 Å². The molecule has 0 spiro atoms. The molecule has 2 N–H and O–H groups in total. The third kappa shape index (κ3) is 12.3. The summed E-state index contributed by atoms with van der Waals surface area (Å²) in [7, 11) is 8.68. The van der Waals surface area contributed by atoms with E-state index in [1.54, 1.807) is 33.1 Å². The molecule has 1 aromatic rings. The third-order valence-corrected chi connectivity index (χ3v) is 11.3. The maximum atomic E-state index is 14.2. The van der Waals surface area contributed by atoms with Crippen LogP contribution in [0.25, 0.3) is 0 Å². The fraction of sp³-hybridized carbons (Fsp3) is 0.750. The SMILES string of the molecule is CC[C@H](C)[C@@H]([C@@H](CC(=O)N1CCC[C@H]1[C@H](OC)[C@@H](C)C(=O)CCCc1ccc(Cl)cc1)OC)N(C)C(=O)[C@@H](CC(=O)[C@H](C(C)C)N(C)C)[C@H](C)N. The summed E-state index contributed by atoms with van der Waals surface area (Å²) in [5.41, 5.74) is 7.51. The van der Waals surface area contributed by atoms with Crippen LogP contribution in [0.3, 0.4) is 0 Å². The molecule has 11 heteroatoms. The van der Waals surface area contributed by atoms with Gasteiger partial charge in [-0.05, 0) is 76.2 Å². The van der Waals surface area contributed by atoms with E-state index in [2.05, 4.69) is 13.8 Å². The number of nitrogens with zero attached hydrogens (tertiary/aromatic N) is 3. The lowest BCUT2D eigenvalue weighted by molar-refractivity contribution is -0.148. The van der Waals surface area contributed by atoms with Crippen LogP contribution in [0, 0.1) is 23.7 Å². The zero-order valence-corrected chi connectivity index (χ0v) is 33.9. The van der Waals surface area contributed by atoms with Gasteiger partial charge in [-0.15, -0.1) is 0 Å². The van der Waals surface area contributed by atoms with Crippen LogP contribution in [-0.2, 0) is 35.1 Å². The van der Waals surface area contributed by atoms with Crippen LogP contribution in [0.5, 0.6) is 0 Å². The van der Waals surface area contributed by atoms with Crippen molar-refractivity contribution in [2.24, 2.45) is 29.4 Å². The number of methoxy groups -OCH3 is 2. The quantitative estimate of drug-likeness (QED) is 0.162. The van der Waals surface area contributed by atoms with E-state index in [0.29, 0.717) is 18.0 Å². The molecule has 10 nitrogen and oxygen atoms in total.